The molecule has 0 radical (unpaired) electrons. The Kier molecular flexibility index (Phi) is 4.96. The van der Waals surface area contributed by atoms with Crippen molar-refractivity contribution in [3.63, 3.8) is 0 Å². The van der Waals surface area contributed by atoms with Crippen molar-refractivity contribution < 1.29 is 32.0 Å². The molecule has 0 aliphatic carbocycles. The summed E-state index contributed by atoms with van der Waals surface area (Å²) in [5.41, 5.74) is 3.76. The second-order valence-corrected chi connectivity index (χ2v) is 9.50. The number of hydrogen-bond donors (Lipinski definition) is 3. The monoisotopic (exact) mass is 460 g/mol. The molecule has 0 aromatic heterocycles. The third-order valence-electron chi connectivity index (χ3n) is 5.41. The van der Waals surface area contributed by atoms with Crippen LogP contribution in [-0.2, 0) is 25.0 Å². The quantitative estimate of drug-likeness (QED) is 0.445. The minimum absolute atomic E-state index is 0.160. The molecule has 4 rings (SSSR count). The smallest absolute Gasteiger partial charge is 0.325 e. The zero-order chi connectivity index (χ0) is 23.3. The first-order chi connectivity index (χ1) is 15.0. The molecule has 1 saturated heterocycles. The molecule has 10 nitrogen and oxygen atoms in total. The summed E-state index contributed by atoms with van der Waals surface area (Å²) in [6, 6.07) is 7.68. The molecule has 12 heteroatoms. The van der Waals surface area contributed by atoms with Crippen LogP contribution in [0.15, 0.2) is 47.4 Å². The lowest BCUT2D eigenvalue weighted by molar-refractivity contribution is -0.134. The SMILES string of the molecule is NC(=O)c1ccc(NC(=O)CN2C(=O)N[C@]3(CCS(=O)(=O)c4ccc(F)cc43)C2=O)cc1. The lowest BCUT2D eigenvalue weighted by Crippen LogP contribution is -2.49. The Bertz CT molecular complexity index is 1280. The predicted molar refractivity (Wildman–Crippen MR) is 109 cm³/mol. The summed E-state index contributed by atoms with van der Waals surface area (Å²) < 4.78 is 38.7. The number of anilines is 1. The molecule has 4 N–H and O–H groups in total. The van der Waals surface area contributed by atoms with E-state index in [1.54, 1.807) is 0 Å². The fourth-order valence-corrected chi connectivity index (χ4v) is 5.46. The van der Waals surface area contributed by atoms with E-state index in [1.807, 2.05) is 0 Å². The second-order valence-electron chi connectivity index (χ2n) is 7.43. The minimum Gasteiger partial charge on any atom is -0.366 e. The predicted octanol–water partition coefficient (Wildman–Crippen LogP) is 0.488. The van der Waals surface area contributed by atoms with Crippen LogP contribution in [0.4, 0.5) is 14.9 Å². The number of primary amides is 1. The second kappa shape index (κ2) is 7.41. The van der Waals surface area contributed by atoms with Crippen LogP contribution < -0.4 is 16.4 Å². The van der Waals surface area contributed by atoms with Crippen molar-refractivity contribution in [2.24, 2.45) is 5.73 Å². The number of sulfone groups is 1. The van der Waals surface area contributed by atoms with E-state index in [9.17, 15) is 32.0 Å². The van der Waals surface area contributed by atoms with Crippen LogP contribution in [0.25, 0.3) is 0 Å². The normalized spacial score (nSPS) is 21.2. The maximum atomic E-state index is 13.9. The standard InChI is InChI=1S/C20H17FN4O6S/c21-12-3-6-15-14(9-12)20(7-8-32(15,30)31)18(28)25(19(29)24-20)10-16(26)23-13-4-1-11(2-5-13)17(22)27/h1-6,9H,7-8,10H2,(H2,22,27)(H,23,26)(H,24,29)/t20-/m0/s1. The molecular formula is C20H17FN4O6S. The van der Waals surface area contributed by atoms with Gasteiger partial charge in [0.15, 0.2) is 9.84 Å². The fraction of sp³-hybridized carbons (Fsp3) is 0.200. The Labute approximate surface area is 181 Å². The van der Waals surface area contributed by atoms with E-state index in [1.165, 1.54) is 24.3 Å². The van der Waals surface area contributed by atoms with Crippen LogP contribution in [0.5, 0.6) is 0 Å². The number of rotatable bonds is 4. The maximum Gasteiger partial charge on any atom is 0.325 e. The van der Waals surface area contributed by atoms with Crippen LogP contribution in [0.3, 0.4) is 0 Å². The van der Waals surface area contributed by atoms with E-state index in [2.05, 4.69) is 10.6 Å². The van der Waals surface area contributed by atoms with E-state index >= 15 is 0 Å². The van der Waals surface area contributed by atoms with Crippen LogP contribution >= 0.6 is 0 Å². The molecule has 1 atom stereocenters. The number of carbonyl (C=O) groups is 4. The number of imide groups is 1. The lowest BCUT2D eigenvalue weighted by Gasteiger charge is -2.32. The van der Waals surface area contributed by atoms with E-state index in [-0.39, 0.29) is 22.4 Å². The zero-order valence-electron chi connectivity index (χ0n) is 16.4. The summed E-state index contributed by atoms with van der Waals surface area (Å²) in [4.78, 5) is 49.7. The molecule has 0 bridgehead atoms. The summed E-state index contributed by atoms with van der Waals surface area (Å²) in [6.07, 6.45) is -0.289. The number of amides is 5. The van der Waals surface area contributed by atoms with Crippen molar-refractivity contribution in [1.29, 1.82) is 0 Å². The van der Waals surface area contributed by atoms with Crippen molar-refractivity contribution >= 4 is 39.3 Å². The number of nitrogens with zero attached hydrogens (tertiary/aromatic N) is 1. The highest BCUT2D eigenvalue weighted by Gasteiger charge is 2.56. The van der Waals surface area contributed by atoms with Gasteiger partial charge in [-0.25, -0.2) is 17.6 Å². The maximum absolute atomic E-state index is 13.9. The number of benzene rings is 2. The summed E-state index contributed by atoms with van der Waals surface area (Å²) in [5, 5.41) is 4.94. The van der Waals surface area contributed by atoms with Crippen molar-refractivity contribution in [1.82, 2.24) is 10.2 Å². The fourth-order valence-electron chi connectivity index (χ4n) is 3.82. The number of nitrogens with one attached hydrogen (secondary N) is 2. The first-order valence-electron chi connectivity index (χ1n) is 9.40. The molecule has 0 unspecified atom stereocenters. The van der Waals surface area contributed by atoms with Gasteiger partial charge in [0, 0.05) is 16.8 Å². The first kappa shape index (κ1) is 21.4. The summed E-state index contributed by atoms with van der Waals surface area (Å²) in [7, 11) is -3.75. The van der Waals surface area contributed by atoms with E-state index < -0.39 is 57.2 Å². The molecular weight excluding hydrogens is 443 g/mol. The topological polar surface area (TPSA) is 156 Å². The molecule has 2 aliphatic rings. The van der Waals surface area contributed by atoms with Crippen molar-refractivity contribution in [2.75, 3.05) is 17.6 Å². The average molecular weight is 460 g/mol. The van der Waals surface area contributed by atoms with Gasteiger partial charge in [-0.15, -0.1) is 0 Å². The zero-order valence-corrected chi connectivity index (χ0v) is 17.2. The molecule has 2 heterocycles. The summed E-state index contributed by atoms with van der Waals surface area (Å²) in [5.74, 6) is -3.38. The van der Waals surface area contributed by atoms with Gasteiger partial charge in [-0.2, -0.15) is 0 Å². The molecule has 166 valence electrons. The Morgan fingerprint density at radius 1 is 1.16 bits per heavy atom. The highest BCUT2D eigenvalue weighted by Crippen LogP contribution is 2.41. The highest BCUT2D eigenvalue weighted by molar-refractivity contribution is 7.91. The van der Waals surface area contributed by atoms with Crippen molar-refractivity contribution in [3.8, 4) is 0 Å². The lowest BCUT2D eigenvalue weighted by atomic mass is 9.86. The van der Waals surface area contributed by atoms with Crippen LogP contribution in [0, 0.1) is 5.82 Å². The summed E-state index contributed by atoms with van der Waals surface area (Å²) >= 11 is 0. The number of halogens is 1. The number of urea groups is 1. The van der Waals surface area contributed by atoms with Gasteiger partial charge in [0.2, 0.25) is 11.8 Å². The largest absolute Gasteiger partial charge is 0.366 e. The Balaban J connectivity index is 1.58. The van der Waals surface area contributed by atoms with Gasteiger partial charge >= 0.3 is 6.03 Å². The van der Waals surface area contributed by atoms with Gasteiger partial charge < -0.3 is 16.4 Å². The molecule has 5 amide bonds. The van der Waals surface area contributed by atoms with E-state index in [4.69, 9.17) is 5.73 Å². The average Bonchev–Trinajstić information content (AvgIpc) is 2.96. The summed E-state index contributed by atoms with van der Waals surface area (Å²) in [6.45, 7) is -0.651. The number of hydrogen-bond acceptors (Lipinski definition) is 6. The Morgan fingerprint density at radius 2 is 1.84 bits per heavy atom. The first-order valence-corrected chi connectivity index (χ1v) is 11.1. The van der Waals surface area contributed by atoms with E-state index in [0.29, 0.717) is 10.6 Å². The minimum atomic E-state index is -3.75. The van der Waals surface area contributed by atoms with E-state index in [0.717, 1.165) is 18.2 Å². The molecule has 32 heavy (non-hydrogen) atoms. The number of carbonyl (C=O) groups excluding carboxylic acids is 4. The molecule has 0 saturated carbocycles. The van der Waals surface area contributed by atoms with Gasteiger partial charge in [0.25, 0.3) is 5.91 Å². The van der Waals surface area contributed by atoms with Crippen LogP contribution in [-0.4, -0.2) is 49.4 Å². The van der Waals surface area contributed by atoms with Crippen LogP contribution in [0.2, 0.25) is 0 Å². The highest BCUT2D eigenvalue weighted by atomic mass is 32.2. The van der Waals surface area contributed by atoms with Gasteiger partial charge in [-0.3, -0.25) is 19.3 Å². The molecule has 2 aliphatic heterocycles. The van der Waals surface area contributed by atoms with Crippen molar-refractivity contribution in [2.45, 2.75) is 16.9 Å². The molecule has 1 fully saturated rings. The third kappa shape index (κ3) is 3.47. The molecule has 2 aromatic rings. The van der Waals surface area contributed by atoms with Gasteiger partial charge in [-0.05, 0) is 48.9 Å². The third-order valence-corrected chi connectivity index (χ3v) is 7.18. The number of fused-ring (bicyclic) bond motifs is 2. The van der Waals surface area contributed by atoms with Crippen molar-refractivity contribution in [3.05, 3.63) is 59.4 Å². The van der Waals surface area contributed by atoms with Gasteiger partial charge in [0.05, 0.1) is 10.6 Å². The van der Waals surface area contributed by atoms with Gasteiger partial charge in [0.1, 0.15) is 17.9 Å². The molecule has 1 spiro atoms. The van der Waals surface area contributed by atoms with Crippen LogP contribution in [0.1, 0.15) is 22.3 Å². The number of nitrogens with two attached hydrogens (primary N) is 1. The van der Waals surface area contributed by atoms with Gasteiger partial charge in [-0.1, -0.05) is 0 Å². The Hall–Kier alpha value is -3.80. The Morgan fingerprint density at radius 3 is 2.50 bits per heavy atom. The molecule has 2 aromatic carbocycles.